The highest BCUT2D eigenvalue weighted by molar-refractivity contribution is 7.89. The first-order valence-corrected chi connectivity index (χ1v) is 5.05. The van der Waals surface area contributed by atoms with Gasteiger partial charge in [0.15, 0.2) is 0 Å². The Kier molecular flexibility index (Phi) is 3.05. The van der Waals surface area contributed by atoms with Crippen LogP contribution >= 0.6 is 0 Å². The minimum atomic E-state index is -1.07. The van der Waals surface area contributed by atoms with E-state index in [0.29, 0.717) is 5.56 Å². The van der Waals surface area contributed by atoms with Crippen molar-refractivity contribution in [3.63, 3.8) is 0 Å². The number of rotatable bonds is 2. The van der Waals surface area contributed by atoms with Crippen molar-refractivity contribution < 1.29 is 13.3 Å². The van der Waals surface area contributed by atoms with E-state index in [1.165, 1.54) is 18.4 Å². The Balaban J connectivity index is 2.85. The van der Waals surface area contributed by atoms with E-state index >= 15 is 0 Å². The van der Waals surface area contributed by atoms with E-state index in [1.807, 2.05) is 0 Å². The van der Waals surface area contributed by atoms with Crippen LogP contribution in [0.2, 0.25) is 0 Å². The molecule has 0 aliphatic carbocycles. The van der Waals surface area contributed by atoms with Crippen molar-refractivity contribution in [1.29, 1.82) is 0 Å². The molecule has 1 atom stereocenters. The Bertz CT molecular complexity index is 256. The molecule has 0 fully saturated rings. The zero-order valence-electron chi connectivity index (χ0n) is 6.51. The molecule has 0 N–H and O–H groups in total. The average molecular weight is 190 g/mol. The van der Waals surface area contributed by atoms with Gasteiger partial charge in [-0.25, -0.2) is 8.78 Å². The lowest BCUT2D eigenvalue weighted by molar-refractivity contribution is 0.579. The largest absolute Gasteiger partial charge is 0.616 e. The number of hydrogen-bond donors (Lipinski definition) is 0. The first-order chi connectivity index (χ1) is 5.58. The molecule has 0 amide bonds. The van der Waals surface area contributed by atoms with Crippen LogP contribution in [0, 0.1) is 11.6 Å². The number of halogens is 2. The summed E-state index contributed by atoms with van der Waals surface area (Å²) < 4.78 is 35.8. The second kappa shape index (κ2) is 3.87. The van der Waals surface area contributed by atoms with E-state index in [9.17, 15) is 13.3 Å². The first-order valence-electron chi connectivity index (χ1n) is 3.33. The van der Waals surface area contributed by atoms with Crippen molar-refractivity contribution >= 4 is 11.2 Å². The highest BCUT2D eigenvalue weighted by Gasteiger charge is 2.04. The number of hydrogen-bond acceptors (Lipinski definition) is 1. The van der Waals surface area contributed by atoms with Crippen molar-refractivity contribution in [3.8, 4) is 0 Å². The molecule has 0 spiro atoms. The van der Waals surface area contributed by atoms with E-state index in [-0.39, 0.29) is 5.75 Å². The van der Waals surface area contributed by atoms with Crippen LogP contribution in [0.4, 0.5) is 8.78 Å². The molecule has 0 heterocycles. The molecule has 0 aromatic heterocycles. The van der Waals surface area contributed by atoms with Gasteiger partial charge in [0, 0.05) is 11.6 Å². The summed E-state index contributed by atoms with van der Waals surface area (Å²) in [5.41, 5.74) is 0.424. The SMILES string of the molecule is C[S+]([O-])Cc1cc(F)cc(F)c1. The number of benzene rings is 1. The third-order valence-electron chi connectivity index (χ3n) is 1.29. The van der Waals surface area contributed by atoms with Crippen LogP contribution in [0.5, 0.6) is 0 Å². The fourth-order valence-electron chi connectivity index (χ4n) is 0.929. The predicted molar refractivity (Wildman–Crippen MR) is 44.1 cm³/mol. The molecule has 0 bridgehead atoms. The third-order valence-corrected chi connectivity index (χ3v) is 2.03. The van der Waals surface area contributed by atoms with E-state index < -0.39 is 22.8 Å². The fraction of sp³-hybridized carbons (Fsp3) is 0.250. The molecule has 12 heavy (non-hydrogen) atoms. The van der Waals surface area contributed by atoms with Crippen LogP contribution in [0.25, 0.3) is 0 Å². The van der Waals surface area contributed by atoms with E-state index in [0.717, 1.165) is 6.07 Å². The van der Waals surface area contributed by atoms with Crippen molar-refractivity contribution in [2.24, 2.45) is 0 Å². The monoisotopic (exact) mass is 190 g/mol. The summed E-state index contributed by atoms with van der Waals surface area (Å²) in [6, 6.07) is 3.16. The maximum Gasteiger partial charge on any atom is 0.130 e. The first kappa shape index (κ1) is 9.48. The quantitative estimate of drug-likeness (QED) is 0.652. The van der Waals surface area contributed by atoms with Crippen LogP contribution in [-0.2, 0) is 16.9 Å². The molecular formula is C8H8F2OS. The maximum atomic E-state index is 12.5. The molecule has 1 aromatic rings. The molecular weight excluding hydrogens is 182 g/mol. The zero-order chi connectivity index (χ0) is 9.14. The van der Waals surface area contributed by atoms with Gasteiger partial charge in [0.05, 0.1) is 6.26 Å². The second-order valence-electron chi connectivity index (χ2n) is 2.50. The van der Waals surface area contributed by atoms with Crippen LogP contribution in [0.15, 0.2) is 18.2 Å². The fourth-order valence-corrected chi connectivity index (χ4v) is 1.57. The van der Waals surface area contributed by atoms with Gasteiger partial charge in [0.25, 0.3) is 0 Å². The Morgan fingerprint density at radius 1 is 1.25 bits per heavy atom. The van der Waals surface area contributed by atoms with Gasteiger partial charge in [0.2, 0.25) is 0 Å². The molecule has 1 rings (SSSR count). The van der Waals surface area contributed by atoms with Crippen LogP contribution in [0.3, 0.4) is 0 Å². The summed E-state index contributed by atoms with van der Waals surface area (Å²) in [5, 5.41) is 0. The summed E-state index contributed by atoms with van der Waals surface area (Å²) >= 11 is -1.07. The normalized spacial score (nSPS) is 13.0. The summed E-state index contributed by atoms with van der Waals surface area (Å²) in [5.74, 6) is -1.07. The van der Waals surface area contributed by atoms with Crippen molar-refractivity contribution in [2.75, 3.05) is 6.26 Å². The minimum absolute atomic E-state index is 0.189. The van der Waals surface area contributed by atoms with Gasteiger partial charge < -0.3 is 4.55 Å². The standard InChI is InChI=1S/C8H8F2OS/c1-12(11)5-6-2-7(9)4-8(10)3-6/h2-4H,5H2,1H3. The van der Waals surface area contributed by atoms with Crippen molar-refractivity contribution in [2.45, 2.75) is 5.75 Å². The Morgan fingerprint density at radius 2 is 1.75 bits per heavy atom. The maximum absolute atomic E-state index is 12.5. The summed E-state index contributed by atoms with van der Waals surface area (Å²) in [4.78, 5) is 0. The average Bonchev–Trinajstić information content (AvgIpc) is 1.81. The van der Waals surface area contributed by atoms with E-state index in [2.05, 4.69) is 0 Å². The van der Waals surface area contributed by atoms with Gasteiger partial charge in [-0.1, -0.05) is 11.2 Å². The van der Waals surface area contributed by atoms with Crippen LogP contribution in [0.1, 0.15) is 5.56 Å². The molecule has 0 saturated heterocycles. The highest BCUT2D eigenvalue weighted by Crippen LogP contribution is 2.10. The molecule has 1 unspecified atom stereocenters. The van der Waals surface area contributed by atoms with Crippen LogP contribution < -0.4 is 0 Å². The van der Waals surface area contributed by atoms with E-state index in [4.69, 9.17) is 0 Å². The molecule has 1 aromatic carbocycles. The van der Waals surface area contributed by atoms with Crippen LogP contribution in [-0.4, -0.2) is 10.8 Å². The highest BCUT2D eigenvalue weighted by atomic mass is 32.2. The van der Waals surface area contributed by atoms with Crippen molar-refractivity contribution in [1.82, 2.24) is 0 Å². The van der Waals surface area contributed by atoms with Gasteiger partial charge >= 0.3 is 0 Å². The Labute approximate surface area is 72.6 Å². The van der Waals surface area contributed by atoms with Gasteiger partial charge in [-0.15, -0.1) is 0 Å². The van der Waals surface area contributed by atoms with Gasteiger partial charge in [-0.3, -0.25) is 0 Å². The zero-order valence-corrected chi connectivity index (χ0v) is 7.33. The second-order valence-corrected chi connectivity index (χ2v) is 3.93. The minimum Gasteiger partial charge on any atom is -0.616 e. The van der Waals surface area contributed by atoms with Gasteiger partial charge in [-0.2, -0.15) is 0 Å². The van der Waals surface area contributed by atoms with Gasteiger partial charge in [0.1, 0.15) is 17.4 Å². The topological polar surface area (TPSA) is 23.1 Å². The lowest BCUT2D eigenvalue weighted by atomic mass is 10.2. The van der Waals surface area contributed by atoms with Gasteiger partial charge in [-0.05, 0) is 12.1 Å². The molecule has 0 saturated carbocycles. The lowest BCUT2D eigenvalue weighted by Crippen LogP contribution is -2.01. The molecule has 4 heteroatoms. The predicted octanol–water partition coefficient (Wildman–Crippen LogP) is 1.84. The lowest BCUT2D eigenvalue weighted by Gasteiger charge is -2.04. The third kappa shape index (κ3) is 2.79. The molecule has 0 radical (unpaired) electrons. The smallest absolute Gasteiger partial charge is 0.130 e. The summed E-state index contributed by atoms with van der Waals surface area (Å²) in [7, 11) is 0. The Hall–Kier alpha value is -0.610. The summed E-state index contributed by atoms with van der Waals surface area (Å²) in [6.07, 6.45) is 1.49. The summed E-state index contributed by atoms with van der Waals surface area (Å²) in [6.45, 7) is 0. The molecule has 0 aliphatic rings. The Morgan fingerprint density at radius 3 is 2.17 bits per heavy atom. The van der Waals surface area contributed by atoms with Crippen molar-refractivity contribution in [3.05, 3.63) is 35.4 Å². The molecule has 1 nitrogen and oxygen atoms in total. The molecule has 66 valence electrons. The molecule has 0 aliphatic heterocycles. The van der Waals surface area contributed by atoms with E-state index in [1.54, 1.807) is 0 Å².